The molecule has 0 rings (SSSR count). The minimum atomic E-state index is 0. The van der Waals surface area contributed by atoms with E-state index in [1.165, 1.54) is 0 Å². The molecule has 0 heterocycles. The van der Waals surface area contributed by atoms with Gasteiger partial charge in [-0.3, -0.25) is 0 Å². The standard InChI is InChI=1S/Al.ClH.4FH.2Na/h;5*1H;;/q+3;;;;;;2*+1/p-5. The minimum absolute atomic E-state index is 0. The first-order valence-electron chi connectivity index (χ1n) is 0. The summed E-state index contributed by atoms with van der Waals surface area (Å²) in [4.78, 5) is 0. The molecule has 0 aliphatic rings. The zero-order valence-corrected chi connectivity index (χ0v) is 10.4. The molecule has 8 heteroatoms. The second-order valence-electron chi connectivity index (χ2n) is 0. The molecule has 0 saturated heterocycles. The molecule has 0 aromatic rings. The molecule has 0 unspecified atom stereocenters. The normalized spacial score (nSPS) is 0. The van der Waals surface area contributed by atoms with Crippen molar-refractivity contribution in [2.24, 2.45) is 0 Å². The SMILES string of the molecule is [Al+3].[Cl-].[F-].[F-].[F-].[F-].[Na+].[Na+]. The molecule has 0 aliphatic carbocycles. The Hall–Kier alpha value is 2.54. The predicted octanol–water partition coefficient (Wildman–Crippen LogP) is -21.4. The van der Waals surface area contributed by atoms with Crippen molar-refractivity contribution in [1.29, 1.82) is 0 Å². The van der Waals surface area contributed by atoms with Crippen LogP contribution >= 0.6 is 0 Å². The molecule has 0 spiro atoms. The van der Waals surface area contributed by atoms with Gasteiger partial charge < -0.3 is 31.2 Å². The molecular weight excluding hydrogens is 184 g/mol. The van der Waals surface area contributed by atoms with Gasteiger partial charge in [0.25, 0.3) is 0 Å². The van der Waals surface area contributed by atoms with Gasteiger partial charge in [0.15, 0.2) is 0 Å². The van der Waals surface area contributed by atoms with E-state index >= 15 is 0 Å². The Kier molecular flexibility index (Phi) is 2000. The van der Waals surface area contributed by atoms with Crippen LogP contribution in [0.15, 0.2) is 0 Å². The number of halogens is 5. The van der Waals surface area contributed by atoms with Crippen LogP contribution in [0.2, 0.25) is 0 Å². The van der Waals surface area contributed by atoms with Crippen LogP contribution in [0.3, 0.4) is 0 Å². The van der Waals surface area contributed by atoms with Crippen LogP contribution < -0.4 is 90.3 Å². The van der Waals surface area contributed by atoms with E-state index in [1.54, 1.807) is 0 Å². The van der Waals surface area contributed by atoms with E-state index in [4.69, 9.17) is 0 Å². The van der Waals surface area contributed by atoms with Crippen LogP contribution in [0, 0.1) is 0 Å². The monoisotopic (exact) mass is 184 g/mol. The molecule has 40 valence electrons. The minimum Gasteiger partial charge on any atom is -1.00 e. The third kappa shape index (κ3) is 75.2. The fraction of sp³-hybridized carbons (Fsp3) is 0. The van der Waals surface area contributed by atoms with E-state index in [0.29, 0.717) is 0 Å². The van der Waals surface area contributed by atoms with Gasteiger partial charge in [-0.1, -0.05) is 0 Å². The molecule has 0 saturated carbocycles. The van der Waals surface area contributed by atoms with Crippen LogP contribution in [-0.2, 0) is 0 Å². The maximum absolute atomic E-state index is 0. The van der Waals surface area contributed by atoms with Crippen molar-refractivity contribution in [1.82, 2.24) is 0 Å². The summed E-state index contributed by atoms with van der Waals surface area (Å²) in [7, 11) is 0. The van der Waals surface area contributed by atoms with E-state index < -0.39 is 0 Å². The quantitative estimate of drug-likeness (QED) is 0.259. The Morgan fingerprint density at radius 1 is 0.500 bits per heavy atom. The van der Waals surface area contributed by atoms with Gasteiger partial charge in [0, 0.05) is 0 Å². The van der Waals surface area contributed by atoms with Gasteiger partial charge in [-0.05, 0) is 0 Å². The molecule has 0 aromatic carbocycles. The largest absolute Gasteiger partial charge is 3.00 e. The summed E-state index contributed by atoms with van der Waals surface area (Å²) in [5.41, 5.74) is 0. The van der Waals surface area contributed by atoms with Crippen LogP contribution in [-0.4, -0.2) is 17.4 Å². The Labute approximate surface area is 106 Å². The first-order valence-corrected chi connectivity index (χ1v) is 0. The maximum atomic E-state index is 0. The van der Waals surface area contributed by atoms with Crippen molar-refractivity contribution >= 4 is 17.4 Å². The van der Waals surface area contributed by atoms with E-state index in [-0.39, 0.29) is 108 Å². The summed E-state index contributed by atoms with van der Waals surface area (Å²) in [5, 5.41) is 0. The average molecular weight is 184 g/mol. The molecule has 8 heavy (non-hydrogen) atoms. The molecule has 0 bridgehead atoms. The molecule has 0 fully saturated rings. The second kappa shape index (κ2) is 108. The summed E-state index contributed by atoms with van der Waals surface area (Å²) >= 11 is 0. The van der Waals surface area contributed by atoms with Crippen LogP contribution in [0.5, 0.6) is 0 Å². The van der Waals surface area contributed by atoms with Crippen LogP contribution in [0.4, 0.5) is 0 Å². The molecule has 0 aromatic heterocycles. The molecule has 0 radical (unpaired) electrons. The molecular formula is AlClF4Na2. The first-order chi connectivity index (χ1) is 0. The topological polar surface area (TPSA) is 0 Å². The predicted molar refractivity (Wildman–Crippen MR) is 5.75 cm³/mol. The molecule has 0 nitrogen and oxygen atoms in total. The summed E-state index contributed by atoms with van der Waals surface area (Å²) in [6.45, 7) is 0. The fourth-order valence-electron chi connectivity index (χ4n) is 0. The number of hydrogen-bond donors (Lipinski definition) is 0. The van der Waals surface area contributed by atoms with Gasteiger partial charge in [0.2, 0.25) is 0 Å². The smallest absolute Gasteiger partial charge is 1.00 e. The number of hydrogen-bond acceptors (Lipinski definition) is 0. The van der Waals surface area contributed by atoms with E-state index in [0.717, 1.165) is 0 Å². The van der Waals surface area contributed by atoms with Crippen molar-refractivity contribution < 1.29 is 90.3 Å². The third-order valence-corrected chi connectivity index (χ3v) is 0. The van der Waals surface area contributed by atoms with Crippen molar-refractivity contribution in [3.05, 3.63) is 0 Å². The Morgan fingerprint density at radius 3 is 0.500 bits per heavy atom. The fourth-order valence-corrected chi connectivity index (χ4v) is 0. The Balaban J connectivity index is 0. The molecule has 0 amide bonds. The van der Waals surface area contributed by atoms with E-state index in [2.05, 4.69) is 0 Å². The summed E-state index contributed by atoms with van der Waals surface area (Å²) in [6.07, 6.45) is 0. The van der Waals surface area contributed by atoms with E-state index in [9.17, 15) is 0 Å². The van der Waals surface area contributed by atoms with Gasteiger partial charge in [-0.2, -0.15) is 0 Å². The summed E-state index contributed by atoms with van der Waals surface area (Å²) in [5.74, 6) is 0. The average Bonchev–Trinajstić information content (AvgIpc) is 0. The van der Waals surface area contributed by atoms with Crippen LogP contribution in [0.1, 0.15) is 0 Å². The second-order valence-corrected chi connectivity index (χ2v) is 0. The Morgan fingerprint density at radius 2 is 0.500 bits per heavy atom. The zero-order valence-electron chi connectivity index (χ0n) is 4.47. The van der Waals surface area contributed by atoms with Gasteiger partial charge in [-0.25, -0.2) is 0 Å². The van der Waals surface area contributed by atoms with Crippen molar-refractivity contribution in [3.63, 3.8) is 0 Å². The van der Waals surface area contributed by atoms with Gasteiger partial charge >= 0.3 is 76.5 Å². The first kappa shape index (κ1) is 149. The van der Waals surface area contributed by atoms with Gasteiger partial charge in [0.1, 0.15) is 0 Å². The number of rotatable bonds is 0. The zero-order chi connectivity index (χ0) is 0. The van der Waals surface area contributed by atoms with Crippen LogP contribution in [0.25, 0.3) is 0 Å². The van der Waals surface area contributed by atoms with Gasteiger partial charge in [0.05, 0.1) is 0 Å². The van der Waals surface area contributed by atoms with Crippen molar-refractivity contribution in [3.8, 4) is 0 Å². The van der Waals surface area contributed by atoms with Gasteiger partial charge in [-0.15, -0.1) is 0 Å². The molecule has 0 N–H and O–H groups in total. The van der Waals surface area contributed by atoms with Crippen molar-refractivity contribution in [2.75, 3.05) is 0 Å². The van der Waals surface area contributed by atoms with E-state index in [1.807, 2.05) is 0 Å². The Bertz CT molecular complexity index is 14.0. The third-order valence-electron chi connectivity index (χ3n) is 0. The molecule has 0 atom stereocenters. The maximum Gasteiger partial charge on any atom is 3.00 e. The summed E-state index contributed by atoms with van der Waals surface area (Å²) in [6, 6.07) is 0. The molecule has 0 aliphatic heterocycles. The van der Waals surface area contributed by atoms with Crippen molar-refractivity contribution in [2.45, 2.75) is 0 Å². The summed E-state index contributed by atoms with van der Waals surface area (Å²) < 4.78 is 0.